The number of benzene rings is 3. The minimum atomic E-state index is -0.482. The van der Waals surface area contributed by atoms with Crippen molar-refractivity contribution in [2.75, 3.05) is 13.1 Å². The second-order valence-electron chi connectivity index (χ2n) is 10.9. The maximum Gasteiger partial charge on any atom is 0.139 e. The molecule has 3 aliphatic rings. The molecule has 3 unspecified atom stereocenters. The van der Waals surface area contributed by atoms with Crippen molar-refractivity contribution in [3.05, 3.63) is 95.3 Å². The van der Waals surface area contributed by atoms with E-state index in [1.165, 1.54) is 28.3 Å². The van der Waals surface area contributed by atoms with Crippen molar-refractivity contribution in [2.24, 2.45) is 18.9 Å². The van der Waals surface area contributed by atoms with E-state index in [0.29, 0.717) is 5.92 Å². The van der Waals surface area contributed by atoms with E-state index >= 15 is 0 Å². The third-order valence-corrected chi connectivity index (χ3v) is 8.79. The van der Waals surface area contributed by atoms with Crippen molar-refractivity contribution in [1.29, 1.82) is 0 Å². The summed E-state index contributed by atoms with van der Waals surface area (Å²) in [4.78, 5) is 7.25. The molecular formula is C32H33N3O. The van der Waals surface area contributed by atoms with E-state index in [9.17, 15) is 5.11 Å². The van der Waals surface area contributed by atoms with Gasteiger partial charge in [0.05, 0.1) is 18.0 Å². The molecule has 7 rings (SSSR count). The molecule has 1 saturated heterocycles. The van der Waals surface area contributed by atoms with Crippen LogP contribution in [0.25, 0.3) is 28.2 Å². The second-order valence-corrected chi connectivity index (χ2v) is 10.9. The van der Waals surface area contributed by atoms with Gasteiger partial charge in [0, 0.05) is 19.2 Å². The van der Waals surface area contributed by atoms with E-state index in [-0.39, 0.29) is 5.92 Å². The van der Waals surface area contributed by atoms with Gasteiger partial charge in [0.1, 0.15) is 5.82 Å². The number of nitrogens with zero attached hydrogens (tertiary/aromatic N) is 3. The molecule has 4 aromatic rings. The van der Waals surface area contributed by atoms with Gasteiger partial charge in [-0.05, 0) is 83.6 Å². The molecule has 2 fully saturated rings. The van der Waals surface area contributed by atoms with Gasteiger partial charge in [-0.25, -0.2) is 4.98 Å². The van der Waals surface area contributed by atoms with Gasteiger partial charge in [-0.3, -0.25) is 4.90 Å². The zero-order chi connectivity index (χ0) is 24.2. The Labute approximate surface area is 212 Å². The lowest BCUT2D eigenvalue weighted by molar-refractivity contribution is 0.0522. The summed E-state index contributed by atoms with van der Waals surface area (Å²) in [5, 5.41) is 14.1. The van der Waals surface area contributed by atoms with Crippen molar-refractivity contribution in [2.45, 2.75) is 37.8 Å². The Balaban J connectivity index is 1.09. The molecule has 3 atom stereocenters. The Hall–Kier alpha value is -3.21. The van der Waals surface area contributed by atoms with Crippen molar-refractivity contribution >= 4 is 16.8 Å². The molecule has 3 aromatic carbocycles. The topological polar surface area (TPSA) is 41.3 Å². The maximum atomic E-state index is 11.3. The predicted octanol–water partition coefficient (Wildman–Crippen LogP) is 6.32. The lowest BCUT2D eigenvalue weighted by Gasteiger charge is -2.35. The van der Waals surface area contributed by atoms with Crippen LogP contribution in [0.4, 0.5) is 0 Å². The van der Waals surface area contributed by atoms with Crippen LogP contribution in [0.3, 0.4) is 0 Å². The molecular weight excluding hydrogens is 442 g/mol. The number of aliphatic hydroxyl groups excluding tert-OH is 1. The summed E-state index contributed by atoms with van der Waals surface area (Å²) in [7, 11) is 2.02. The van der Waals surface area contributed by atoms with Gasteiger partial charge in [-0.1, -0.05) is 66.7 Å². The average Bonchev–Trinajstić information content (AvgIpc) is 3.62. The van der Waals surface area contributed by atoms with Crippen LogP contribution in [-0.4, -0.2) is 32.6 Å². The first-order valence-corrected chi connectivity index (χ1v) is 13.4. The number of hydrogen-bond acceptors (Lipinski definition) is 3. The normalized spacial score (nSPS) is 22.4. The highest BCUT2D eigenvalue weighted by Crippen LogP contribution is 2.55. The third-order valence-electron chi connectivity index (χ3n) is 8.79. The number of rotatable bonds is 5. The first-order chi connectivity index (χ1) is 17.7. The number of fused-ring (bicyclic) bond motifs is 4. The molecule has 0 spiro atoms. The lowest BCUT2D eigenvalue weighted by atomic mass is 9.86. The SMILES string of the molecule is Cn1c(C(O)C2CCN(Cc3c4c(cc5ccccc35)C=CC3CC43)CC2)cnc1-c1ccccc1. The number of imidazole rings is 1. The van der Waals surface area contributed by atoms with Crippen LogP contribution in [0.5, 0.6) is 0 Å². The highest BCUT2D eigenvalue weighted by atomic mass is 16.3. The summed E-state index contributed by atoms with van der Waals surface area (Å²) >= 11 is 0. The molecule has 1 aliphatic heterocycles. The Morgan fingerprint density at radius 1 is 1.03 bits per heavy atom. The van der Waals surface area contributed by atoms with Gasteiger partial charge in [-0.2, -0.15) is 0 Å². The number of hydrogen-bond donors (Lipinski definition) is 1. The highest BCUT2D eigenvalue weighted by Gasteiger charge is 2.41. The standard InChI is InChI=1S/C32H33N3O/c1-34-29(19-33-32(34)22-7-3-2-4-8-22)31(36)21-13-15-35(16-14-21)20-28-26-10-6-5-9-23(26)17-25-12-11-24-18-27(24)30(25)28/h2-12,17,19,21,24,27,31,36H,13-16,18,20H2,1H3. The second kappa shape index (κ2) is 8.72. The van der Waals surface area contributed by atoms with Crippen LogP contribution in [-0.2, 0) is 13.6 Å². The van der Waals surface area contributed by atoms with Crippen LogP contribution in [0.1, 0.15) is 53.7 Å². The lowest BCUT2D eigenvalue weighted by Crippen LogP contribution is -2.35. The van der Waals surface area contributed by atoms with Crippen molar-refractivity contribution in [3.8, 4) is 11.4 Å². The Kier molecular flexibility index (Phi) is 5.33. The summed E-state index contributed by atoms with van der Waals surface area (Å²) in [6.45, 7) is 3.05. The first-order valence-electron chi connectivity index (χ1n) is 13.4. The van der Waals surface area contributed by atoms with Crippen molar-refractivity contribution in [3.63, 3.8) is 0 Å². The third kappa shape index (κ3) is 3.71. The average molecular weight is 476 g/mol. The number of aliphatic hydroxyl groups is 1. The fraction of sp³-hybridized carbons (Fsp3) is 0.344. The van der Waals surface area contributed by atoms with Crippen LogP contribution < -0.4 is 0 Å². The Morgan fingerprint density at radius 2 is 1.81 bits per heavy atom. The van der Waals surface area contributed by atoms with Crippen molar-refractivity contribution < 1.29 is 5.11 Å². The minimum Gasteiger partial charge on any atom is -0.387 e. The fourth-order valence-corrected chi connectivity index (χ4v) is 6.64. The van der Waals surface area contributed by atoms with Crippen LogP contribution in [0, 0.1) is 11.8 Å². The zero-order valence-electron chi connectivity index (χ0n) is 20.8. The summed E-state index contributed by atoms with van der Waals surface area (Å²) in [5.41, 5.74) is 6.57. The van der Waals surface area contributed by atoms with E-state index in [0.717, 1.165) is 55.5 Å². The van der Waals surface area contributed by atoms with E-state index in [1.54, 1.807) is 5.56 Å². The van der Waals surface area contributed by atoms with Crippen LogP contribution in [0.15, 0.2) is 72.9 Å². The van der Waals surface area contributed by atoms with Gasteiger partial charge in [0.25, 0.3) is 0 Å². The molecule has 182 valence electrons. The van der Waals surface area contributed by atoms with Gasteiger partial charge < -0.3 is 9.67 Å². The smallest absolute Gasteiger partial charge is 0.139 e. The van der Waals surface area contributed by atoms with E-state index < -0.39 is 6.10 Å². The van der Waals surface area contributed by atoms with Gasteiger partial charge in [0.15, 0.2) is 0 Å². The molecule has 0 radical (unpaired) electrons. The molecule has 4 nitrogen and oxygen atoms in total. The van der Waals surface area contributed by atoms with E-state index in [1.807, 2.05) is 31.4 Å². The quantitative estimate of drug-likeness (QED) is 0.367. The minimum absolute atomic E-state index is 0.262. The molecule has 36 heavy (non-hydrogen) atoms. The monoisotopic (exact) mass is 475 g/mol. The number of aromatic nitrogens is 2. The first kappa shape index (κ1) is 22.0. The van der Waals surface area contributed by atoms with Gasteiger partial charge in [0.2, 0.25) is 0 Å². The largest absolute Gasteiger partial charge is 0.387 e. The Morgan fingerprint density at radius 3 is 2.64 bits per heavy atom. The molecule has 1 saturated carbocycles. The molecule has 1 N–H and O–H groups in total. The molecule has 2 heterocycles. The molecule has 2 aliphatic carbocycles. The zero-order valence-corrected chi connectivity index (χ0v) is 20.8. The molecule has 4 heteroatoms. The number of piperidine rings is 1. The summed E-state index contributed by atoms with van der Waals surface area (Å²) in [5.74, 6) is 2.64. The number of allylic oxidation sites excluding steroid dienone is 1. The van der Waals surface area contributed by atoms with Crippen LogP contribution in [0.2, 0.25) is 0 Å². The molecule has 0 bridgehead atoms. The predicted molar refractivity (Wildman–Crippen MR) is 145 cm³/mol. The van der Waals surface area contributed by atoms with E-state index in [4.69, 9.17) is 0 Å². The molecule has 0 amide bonds. The van der Waals surface area contributed by atoms with Gasteiger partial charge >= 0.3 is 0 Å². The molecule has 1 aromatic heterocycles. The highest BCUT2D eigenvalue weighted by molar-refractivity contribution is 5.90. The Bertz CT molecular complexity index is 1450. The fourth-order valence-electron chi connectivity index (χ4n) is 6.64. The van der Waals surface area contributed by atoms with E-state index in [2.05, 4.69) is 69.1 Å². The summed E-state index contributed by atoms with van der Waals surface area (Å²) in [6, 6.07) is 21.5. The summed E-state index contributed by atoms with van der Waals surface area (Å²) < 4.78 is 2.06. The number of likely N-dealkylation sites (tertiary alicyclic amines) is 1. The van der Waals surface area contributed by atoms with Gasteiger partial charge in [-0.15, -0.1) is 0 Å². The van der Waals surface area contributed by atoms with Crippen LogP contribution >= 0.6 is 0 Å². The maximum absolute atomic E-state index is 11.3. The summed E-state index contributed by atoms with van der Waals surface area (Å²) in [6.07, 6.45) is 9.47. The van der Waals surface area contributed by atoms with Crippen molar-refractivity contribution in [1.82, 2.24) is 14.5 Å².